The molecule has 17 heavy (non-hydrogen) atoms. The first kappa shape index (κ1) is 13.3. The van der Waals surface area contributed by atoms with Crippen LogP contribution in [0.25, 0.3) is 0 Å². The summed E-state index contributed by atoms with van der Waals surface area (Å²) in [7, 11) is 4.43. The van der Waals surface area contributed by atoms with Gasteiger partial charge >= 0.3 is 0 Å². The second-order valence-corrected chi connectivity index (χ2v) is 5.65. The molecule has 2 saturated heterocycles. The minimum Gasteiger partial charge on any atom is -0.314 e. The maximum atomic E-state index is 3.41. The molecule has 2 heterocycles. The number of hydrogen-bond acceptors (Lipinski definition) is 4. The minimum atomic E-state index is 0.770. The van der Waals surface area contributed by atoms with Crippen molar-refractivity contribution in [2.45, 2.75) is 18.9 Å². The monoisotopic (exact) mass is 240 g/mol. The number of rotatable bonds is 4. The molecule has 0 aromatic carbocycles. The number of piperazine rings is 1. The summed E-state index contributed by atoms with van der Waals surface area (Å²) in [6.07, 6.45) is 2.74. The van der Waals surface area contributed by atoms with Gasteiger partial charge < -0.3 is 15.1 Å². The maximum absolute atomic E-state index is 3.41. The maximum Gasteiger partial charge on any atom is 0.0217 e. The molecule has 0 radical (unpaired) electrons. The summed E-state index contributed by atoms with van der Waals surface area (Å²) in [6.45, 7) is 9.86. The van der Waals surface area contributed by atoms with Gasteiger partial charge in [-0.05, 0) is 33.5 Å². The molecule has 0 aromatic rings. The van der Waals surface area contributed by atoms with Gasteiger partial charge in [0.2, 0.25) is 0 Å². The van der Waals surface area contributed by atoms with E-state index in [0.717, 1.165) is 6.04 Å². The van der Waals surface area contributed by atoms with Gasteiger partial charge in [-0.15, -0.1) is 0 Å². The first-order chi connectivity index (χ1) is 8.25. The molecular formula is C13H28N4. The molecule has 0 aromatic heterocycles. The molecule has 0 aliphatic carbocycles. The molecule has 4 nitrogen and oxygen atoms in total. The summed E-state index contributed by atoms with van der Waals surface area (Å²) in [5.41, 5.74) is 0. The molecule has 100 valence electrons. The van der Waals surface area contributed by atoms with Gasteiger partial charge in [0, 0.05) is 51.9 Å². The van der Waals surface area contributed by atoms with E-state index in [9.17, 15) is 0 Å². The van der Waals surface area contributed by atoms with E-state index in [0.29, 0.717) is 0 Å². The van der Waals surface area contributed by atoms with Gasteiger partial charge in [-0.2, -0.15) is 0 Å². The number of likely N-dealkylation sites (tertiary alicyclic amines) is 1. The van der Waals surface area contributed by atoms with E-state index in [2.05, 4.69) is 34.1 Å². The lowest BCUT2D eigenvalue weighted by atomic mass is 10.1. The van der Waals surface area contributed by atoms with Crippen molar-refractivity contribution in [3.63, 3.8) is 0 Å². The van der Waals surface area contributed by atoms with E-state index in [-0.39, 0.29) is 0 Å². The topological polar surface area (TPSA) is 21.8 Å². The second-order valence-electron chi connectivity index (χ2n) is 5.65. The van der Waals surface area contributed by atoms with Crippen LogP contribution in [-0.2, 0) is 0 Å². The largest absolute Gasteiger partial charge is 0.314 e. The van der Waals surface area contributed by atoms with Gasteiger partial charge in [0.05, 0.1) is 0 Å². The minimum absolute atomic E-state index is 0.770. The molecule has 0 amide bonds. The fourth-order valence-electron chi connectivity index (χ4n) is 2.87. The number of piperidine rings is 1. The highest BCUT2D eigenvalue weighted by Crippen LogP contribution is 2.13. The zero-order chi connectivity index (χ0) is 12.1. The highest BCUT2D eigenvalue weighted by molar-refractivity contribution is 4.79. The van der Waals surface area contributed by atoms with Crippen LogP contribution in [0.2, 0.25) is 0 Å². The van der Waals surface area contributed by atoms with Gasteiger partial charge in [0.25, 0.3) is 0 Å². The van der Waals surface area contributed by atoms with Crippen LogP contribution in [0.1, 0.15) is 12.8 Å². The smallest absolute Gasteiger partial charge is 0.0217 e. The molecular weight excluding hydrogens is 212 g/mol. The van der Waals surface area contributed by atoms with Crippen LogP contribution in [0.3, 0.4) is 0 Å². The average Bonchev–Trinajstić information content (AvgIpc) is 2.38. The van der Waals surface area contributed by atoms with Gasteiger partial charge in [0.15, 0.2) is 0 Å². The van der Waals surface area contributed by atoms with Crippen molar-refractivity contribution in [3.8, 4) is 0 Å². The van der Waals surface area contributed by atoms with E-state index < -0.39 is 0 Å². The number of likely N-dealkylation sites (N-methyl/N-ethyl adjacent to an activating group) is 1. The second kappa shape index (κ2) is 6.69. The summed E-state index contributed by atoms with van der Waals surface area (Å²) in [5, 5.41) is 3.41. The van der Waals surface area contributed by atoms with Crippen molar-refractivity contribution < 1.29 is 0 Å². The summed E-state index contributed by atoms with van der Waals surface area (Å²) >= 11 is 0. The quantitative estimate of drug-likeness (QED) is 0.742. The summed E-state index contributed by atoms with van der Waals surface area (Å²) < 4.78 is 0. The molecule has 1 N–H and O–H groups in total. The first-order valence-corrected chi connectivity index (χ1v) is 7.07. The highest BCUT2D eigenvalue weighted by atomic mass is 15.2. The number of nitrogens with zero attached hydrogens (tertiary/aromatic N) is 3. The molecule has 2 aliphatic rings. The molecule has 2 fully saturated rings. The lowest BCUT2D eigenvalue weighted by Crippen LogP contribution is -2.49. The standard InChI is InChI=1S/C13H28N4/c1-15(2)13-4-3-7-17(12-13)11-10-16-8-5-14-6-9-16/h13-14H,3-12H2,1-2H3. The Bertz CT molecular complexity index is 213. The van der Waals surface area contributed by atoms with Crippen LogP contribution in [-0.4, -0.2) is 87.2 Å². The van der Waals surface area contributed by atoms with Crippen molar-refractivity contribution in [3.05, 3.63) is 0 Å². The van der Waals surface area contributed by atoms with Crippen LogP contribution in [0.4, 0.5) is 0 Å². The van der Waals surface area contributed by atoms with Crippen LogP contribution in [0.5, 0.6) is 0 Å². The molecule has 2 aliphatic heterocycles. The van der Waals surface area contributed by atoms with Gasteiger partial charge in [0.1, 0.15) is 0 Å². The first-order valence-electron chi connectivity index (χ1n) is 7.07. The fourth-order valence-corrected chi connectivity index (χ4v) is 2.87. The average molecular weight is 240 g/mol. The predicted octanol–water partition coefficient (Wildman–Crippen LogP) is -0.0824. The van der Waals surface area contributed by atoms with E-state index in [1.54, 1.807) is 0 Å². The normalized spacial score (nSPS) is 28.8. The molecule has 1 unspecified atom stereocenters. The molecule has 0 spiro atoms. The molecule has 0 saturated carbocycles. The third-order valence-corrected chi connectivity index (χ3v) is 4.15. The van der Waals surface area contributed by atoms with Gasteiger partial charge in [-0.25, -0.2) is 0 Å². The van der Waals surface area contributed by atoms with Gasteiger partial charge in [-0.1, -0.05) is 0 Å². The Hall–Kier alpha value is -0.160. The lowest BCUT2D eigenvalue weighted by molar-refractivity contribution is 0.116. The van der Waals surface area contributed by atoms with Crippen molar-refractivity contribution >= 4 is 0 Å². The Morgan fingerprint density at radius 3 is 2.47 bits per heavy atom. The lowest BCUT2D eigenvalue weighted by Gasteiger charge is -2.37. The molecule has 0 bridgehead atoms. The van der Waals surface area contributed by atoms with E-state index in [1.807, 2.05) is 0 Å². The Balaban J connectivity index is 1.67. The van der Waals surface area contributed by atoms with Crippen molar-refractivity contribution in [1.29, 1.82) is 0 Å². The van der Waals surface area contributed by atoms with E-state index >= 15 is 0 Å². The fraction of sp³-hybridized carbons (Fsp3) is 1.00. The van der Waals surface area contributed by atoms with Gasteiger partial charge in [-0.3, -0.25) is 4.90 Å². The van der Waals surface area contributed by atoms with Crippen LogP contribution >= 0.6 is 0 Å². The molecule has 2 rings (SSSR count). The Morgan fingerprint density at radius 2 is 1.76 bits per heavy atom. The molecule has 4 heteroatoms. The van der Waals surface area contributed by atoms with Crippen LogP contribution in [0.15, 0.2) is 0 Å². The molecule has 1 atom stereocenters. The number of nitrogens with one attached hydrogen (secondary N) is 1. The Kier molecular flexibility index (Phi) is 5.22. The van der Waals surface area contributed by atoms with Crippen LogP contribution < -0.4 is 5.32 Å². The Labute approximate surface area is 106 Å². The summed E-state index contributed by atoms with van der Waals surface area (Å²) in [5.74, 6) is 0. The van der Waals surface area contributed by atoms with Crippen molar-refractivity contribution in [2.24, 2.45) is 0 Å². The Morgan fingerprint density at radius 1 is 1.06 bits per heavy atom. The van der Waals surface area contributed by atoms with E-state index in [1.165, 1.54) is 65.2 Å². The number of hydrogen-bond donors (Lipinski definition) is 1. The highest BCUT2D eigenvalue weighted by Gasteiger charge is 2.21. The SMILES string of the molecule is CN(C)C1CCCN(CCN2CCNCC2)C1. The third-order valence-electron chi connectivity index (χ3n) is 4.15. The van der Waals surface area contributed by atoms with Crippen molar-refractivity contribution in [1.82, 2.24) is 20.0 Å². The predicted molar refractivity (Wildman–Crippen MR) is 72.5 cm³/mol. The van der Waals surface area contributed by atoms with E-state index in [4.69, 9.17) is 0 Å². The zero-order valence-corrected chi connectivity index (χ0v) is 11.5. The third kappa shape index (κ3) is 4.21. The van der Waals surface area contributed by atoms with Crippen molar-refractivity contribution in [2.75, 3.05) is 66.5 Å². The summed E-state index contributed by atoms with van der Waals surface area (Å²) in [6, 6.07) is 0.770. The summed E-state index contributed by atoms with van der Waals surface area (Å²) in [4.78, 5) is 7.63. The zero-order valence-electron chi connectivity index (χ0n) is 11.5. The van der Waals surface area contributed by atoms with Crippen LogP contribution in [0, 0.1) is 0 Å².